The Labute approximate surface area is 259 Å². The molecule has 0 saturated carbocycles. The number of rotatable bonds is 12. The summed E-state index contributed by atoms with van der Waals surface area (Å²) in [7, 11) is 7.04. The summed E-state index contributed by atoms with van der Waals surface area (Å²) in [6.45, 7) is 4.05. The van der Waals surface area contributed by atoms with Crippen molar-refractivity contribution in [1.29, 1.82) is 0 Å². The number of hydrogen-bond donors (Lipinski definition) is 0. The molecular formula is C33H40Cl2N4O3. The Morgan fingerprint density at radius 2 is 1.50 bits per heavy atom. The zero-order valence-electron chi connectivity index (χ0n) is 24.9. The van der Waals surface area contributed by atoms with Gasteiger partial charge in [-0.15, -0.1) is 0 Å². The molecule has 1 aliphatic rings. The molecule has 0 spiro atoms. The highest BCUT2D eigenvalue weighted by molar-refractivity contribution is 6.42. The van der Waals surface area contributed by atoms with Gasteiger partial charge in [0.25, 0.3) is 5.91 Å². The highest BCUT2D eigenvalue weighted by Crippen LogP contribution is 2.29. The van der Waals surface area contributed by atoms with Crippen LogP contribution < -0.4 is 4.90 Å². The molecule has 0 bridgehead atoms. The Balaban J connectivity index is 1.54. The summed E-state index contributed by atoms with van der Waals surface area (Å²) in [5.41, 5.74) is 4.65. The van der Waals surface area contributed by atoms with Crippen LogP contribution in [0.1, 0.15) is 34.8 Å². The summed E-state index contributed by atoms with van der Waals surface area (Å²) in [5, 5.41) is 0.922. The van der Waals surface area contributed by atoms with Crippen molar-refractivity contribution in [2.45, 2.75) is 18.9 Å². The third kappa shape index (κ3) is 8.04. The summed E-state index contributed by atoms with van der Waals surface area (Å²) in [6, 6.07) is 21.4. The molecule has 3 aromatic carbocycles. The first-order valence-electron chi connectivity index (χ1n) is 14.3. The smallest absolute Gasteiger partial charge is 0.253 e. The minimum Gasteiger partial charge on any atom is -0.383 e. The van der Waals surface area contributed by atoms with Crippen molar-refractivity contribution >= 4 is 40.7 Å². The lowest BCUT2D eigenvalue weighted by Gasteiger charge is -2.34. The van der Waals surface area contributed by atoms with Crippen molar-refractivity contribution in [2.24, 2.45) is 0 Å². The minimum atomic E-state index is -0.109. The number of methoxy groups -OCH3 is 1. The third-order valence-corrected chi connectivity index (χ3v) is 8.56. The van der Waals surface area contributed by atoms with Gasteiger partial charge in [0.1, 0.15) is 0 Å². The first-order valence-corrected chi connectivity index (χ1v) is 15.0. The van der Waals surface area contributed by atoms with E-state index in [0.717, 1.165) is 42.0 Å². The van der Waals surface area contributed by atoms with Gasteiger partial charge in [-0.05, 0) is 73.0 Å². The van der Waals surface area contributed by atoms with Gasteiger partial charge in [-0.1, -0.05) is 59.6 Å². The maximum atomic E-state index is 13.8. The van der Waals surface area contributed by atoms with E-state index in [0.29, 0.717) is 28.8 Å². The van der Waals surface area contributed by atoms with Crippen molar-refractivity contribution in [2.75, 3.05) is 72.5 Å². The molecule has 1 unspecified atom stereocenters. The van der Waals surface area contributed by atoms with Crippen molar-refractivity contribution in [3.63, 3.8) is 0 Å². The summed E-state index contributed by atoms with van der Waals surface area (Å²) in [6.07, 6.45) is 2.36. The lowest BCUT2D eigenvalue weighted by molar-refractivity contribution is -0.131. The fraction of sp³-hybridized carbons (Fsp3) is 0.394. The summed E-state index contributed by atoms with van der Waals surface area (Å²) >= 11 is 12.4. The molecule has 1 heterocycles. The Morgan fingerprint density at radius 3 is 2.07 bits per heavy atom. The zero-order chi connectivity index (χ0) is 30.2. The molecular weight excluding hydrogens is 571 g/mol. The summed E-state index contributed by atoms with van der Waals surface area (Å²) in [4.78, 5) is 33.9. The molecule has 1 fully saturated rings. The van der Waals surface area contributed by atoms with E-state index in [4.69, 9.17) is 27.9 Å². The molecule has 1 saturated heterocycles. The van der Waals surface area contributed by atoms with E-state index >= 15 is 0 Å². The van der Waals surface area contributed by atoms with Crippen molar-refractivity contribution < 1.29 is 14.3 Å². The normalized spacial score (nSPS) is 14.0. The number of benzene rings is 3. The lowest BCUT2D eigenvalue weighted by atomic mass is 9.98. The number of hydrogen-bond acceptors (Lipinski definition) is 5. The second-order valence-electron chi connectivity index (χ2n) is 10.9. The monoisotopic (exact) mass is 610 g/mol. The fourth-order valence-electron chi connectivity index (χ4n) is 5.25. The van der Waals surface area contributed by atoms with Crippen LogP contribution in [0.4, 0.5) is 5.69 Å². The van der Waals surface area contributed by atoms with E-state index in [1.54, 1.807) is 38.2 Å². The number of likely N-dealkylation sites (tertiary alicyclic amines) is 1. The van der Waals surface area contributed by atoms with Gasteiger partial charge < -0.3 is 24.3 Å². The second-order valence-corrected chi connectivity index (χ2v) is 11.8. The van der Waals surface area contributed by atoms with Crippen LogP contribution in [0.2, 0.25) is 10.0 Å². The topological polar surface area (TPSA) is 56.3 Å². The van der Waals surface area contributed by atoms with Gasteiger partial charge in [-0.3, -0.25) is 9.59 Å². The van der Waals surface area contributed by atoms with E-state index in [9.17, 15) is 9.59 Å². The first kappa shape index (κ1) is 31.8. The van der Waals surface area contributed by atoms with Crippen LogP contribution in [-0.2, 0) is 9.53 Å². The van der Waals surface area contributed by atoms with Crippen molar-refractivity contribution in [3.8, 4) is 11.1 Å². The van der Waals surface area contributed by atoms with E-state index in [1.807, 2.05) is 47.2 Å². The quantitative estimate of drug-likeness (QED) is 0.248. The highest BCUT2D eigenvalue weighted by atomic mass is 35.5. The molecule has 0 radical (unpaired) electrons. The number of halogens is 2. The first-order chi connectivity index (χ1) is 20.2. The van der Waals surface area contributed by atoms with Crippen molar-refractivity contribution in [1.82, 2.24) is 14.7 Å². The highest BCUT2D eigenvalue weighted by Gasteiger charge is 2.27. The SMILES string of the molecule is COCCN(CC(=O)N(C)C(CN1CCCC1)c1ccc(-c2ccc(C(=O)N(C)C)cc2)cc1)c1ccc(Cl)c(Cl)c1. The number of amides is 2. The molecule has 9 heteroatoms. The van der Waals surface area contributed by atoms with Crippen LogP contribution in [0.25, 0.3) is 11.1 Å². The van der Waals surface area contributed by atoms with Crippen LogP contribution in [0, 0.1) is 0 Å². The number of nitrogens with zero attached hydrogens (tertiary/aromatic N) is 4. The van der Waals surface area contributed by atoms with E-state index in [1.165, 1.54) is 12.8 Å². The average molecular weight is 612 g/mol. The fourth-order valence-corrected chi connectivity index (χ4v) is 5.55. The van der Waals surface area contributed by atoms with Gasteiger partial charge in [-0.2, -0.15) is 0 Å². The van der Waals surface area contributed by atoms with E-state index < -0.39 is 0 Å². The van der Waals surface area contributed by atoms with Crippen LogP contribution in [0.15, 0.2) is 66.7 Å². The molecule has 0 aliphatic carbocycles. The molecule has 0 N–H and O–H groups in total. The van der Waals surface area contributed by atoms with Crippen LogP contribution in [0.5, 0.6) is 0 Å². The average Bonchev–Trinajstić information content (AvgIpc) is 3.52. The maximum Gasteiger partial charge on any atom is 0.253 e. The standard InChI is InChI=1S/C33H40Cl2N4O3/c1-36(2)33(41)27-13-9-25(10-14-27)24-7-11-26(12-8-24)31(22-38-17-5-6-18-38)37(3)32(40)23-39(19-20-42-4)28-15-16-29(34)30(35)21-28/h7-16,21,31H,5-6,17-20,22-23H2,1-4H3. The molecule has 4 rings (SSSR count). The lowest BCUT2D eigenvalue weighted by Crippen LogP contribution is -2.44. The largest absolute Gasteiger partial charge is 0.383 e. The molecule has 1 atom stereocenters. The predicted molar refractivity (Wildman–Crippen MR) is 172 cm³/mol. The Morgan fingerprint density at radius 1 is 0.881 bits per heavy atom. The Bertz CT molecular complexity index is 1340. The Hall–Kier alpha value is -3.10. The van der Waals surface area contributed by atoms with E-state index in [2.05, 4.69) is 29.2 Å². The molecule has 7 nitrogen and oxygen atoms in total. The van der Waals surface area contributed by atoms with Gasteiger partial charge >= 0.3 is 0 Å². The molecule has 42 heavy (non-hydrogen) atoms. The van der Waals surface area contributed by atoms with Gasteiger partial charge in [0, 0.05) is 52.6 Å². The van der Waals surface area contributed by atoms with Crippen LogP contribution >= 0.6 is 23.2 Å². The molecule has 3 aromatic rings. The number of ether oxygens (including phenoxy) is 1. The second kappa shape index (κ2) is 14.9. The Kier molecular flexibility index (Phi) is 11.3. The number of anilines is 1. The van der Waals surface area contributed by atoms with Crippen molar-refractivity contribution in [3.05, 3.63) is 87.9 Å². The minimum absolute atomic E-state index is 0.00611. The molecule has 2 amide bonds. The number of carbonyl (C=O) groups excluding carboxylic acids is 2. The number of carbonyl (C=O) groups is 2. The molecule has 224 valence electrons. The zero-order valence-corrected chi connectivity index (χ0v) is 26.4. The molecule has 0 aromatic heterocycles. The summed E-state index contributed by atoms with van der Waals surface area (Å²) < 4.78 is 5.32. The maximum absolute atomic E-state index is 13.8. The third-order valence-electron chi connectivity index (χ3n) is 7.82. The van der Waals surface area contributed by atoms with Crippen LogP contribution in [-0.4, -0.2) is 94.1 Å². The van der Waals surface area contributed by atoms with Gasteiger partial charge in [0.2, 0.25) is 5.91 Å². The predicted octanol–water partition coefficient (Wildman–Crippen LogP) is 6.11. The van der Waals surface area contributed by atoms with Gasteiger partial charge in [0.15, 0.2) is 0 Å². The van der Waals surface area contributed by atoms with Gasteiger partial charge in [-0.25, -0.2) is 0 Å². The molecule has 1 aliphatic heterocycles. The van der Waals surface area contributed by atoms with Crippen LogP contribution in [0.3, 0.4) is 0 Å². The summed E-state index contributed by atoms with van der Waals surface area (Å²) in [5.74, 6) is -0.0131. The number of likely N-dealkylation sites (N-methyl/N-ethyl adjacent to an activating group) is 1. The van der Waals surface area contributed by atoms with E-state index in [-0.39, 0.29) is 24.4 Å². The van der Waals surface area contributed by atoms with Gasteiger partial charge in [0.05, 0.1) is 29.2 Å².